The van der Waals surface area contributed by atoms with E-state index in [-0.39, 0.29) is 0 Å². The van der Waals surface area contributed by atoms with Crippen molar-refractivity contribution in [2.24, 2.45) is 0 Å². The van der Waals surface area contributed by atoms with Gasteiger partial charge >= 0.3 is 0 Å². The van der Waals surface area contributed by atoms with E-state index in [4.69, 9.17) is 4.18 Å². The number of hydrogen-bond donors (Lipinski definition) is 0. The molecule has 2 rings (SSSR count). The standard InChI is InChI=1S/C6H8.C4H4OS/c2*1-2-4-6-5-3-1/h1-4H,5-6H2;1-4H. The molecule has 64 valence electrons. The van der Waals surface area contributed by atoms with E-state index < -0.39 is 0 Å². The highest BCUT2D eigenvalue weighted by molar-refractivity contribution is 7.97. The summed E-state index contributed by atoms with van der Waals surface area (Å²) >= 11 is 1.33. The fourth-order valence-electron chi connectivity index (χ4n) is 0.761. The van der Waals surface area contributed by atoms with Crippen LogP contribution >= 0.6 is 12.0 Å². The highest BCUT2D eigenvalue weighted by Crippen LogP contribution is 2.08. The Morgan fingerprint density at radius 2 is 1.67 bits per heavy atom. The van der Waals surface area contributed by atoms with E-state index in [9.17, 15) is 0 Å². The van der Waals surface area contributed by atoms with E-state index in [0.717, 1.165) is 0 Å². The second kappa shape index (κ2) is 6.80. The molecule has 0 bridgehead atoms. The van der Waals surface area contributed by atoms with Crippen molar-refractivity contribution < 1.29 is 4.18 Å². The molecular formula is C10H12OS. The molecule has 0 unspecified atom stereocenters. The summed E-state index contributed by atoms with van der Waals surface area (Å²) in [4.78, 5) is 0. The lowest BCUT2D eigenvalue weighted by molar-refractivity contribution is 0.569. The zero-order valence-electron chi connectivity index (χ0n) is 6.85. The molecule has 1 aliphatic heterocycles. The maximum absolute atomic E-state index is 4.72. The van der Waals surface area contributed by atoms with Gasteiger partial charge in [-0.05, 0) is 25.0 Å². The second-order valence-electron chi connectivity index (χ2n) is 2.28. The summed E-state index contributed by atoms with van der Waals surface area (Å²) in [6, 6.07) is 0. The van der Waals surface area contributed by atoms with E-state index in [1.807, 2.05) is 17.6 Å². The SMILES string of the molecule is C1=CCCC=C1.C1=COSC=C1. The third kappa shape index (κ3) is 4.85. The number of hydrogen-bond acceptors (Lipinski definition) is 2. The molecule has 0 aromatic heterocycles. The highest BCUT2D eigenvalue weighted by atomic mass is 32.2. The molecule has 0 amide bonds. The molecule has 12 heavy (non-hydrogen) atoms. The lowest BCUT2D eigenvalue weighted by atomic mass is 10.2. The van der Waals surface area contributed by atoms with Gasteiger partial charge in [0.1, 0.15) is 6.26 Å². The summed E-state index contributed by atoms with van der Waals surface area (Å²) in [6.07, 6.45) is 16.4. The second-order valence-corrected chi connectivity index (χ2v) is 2.94. The topological polar surface area (TPSA) is 9.23 Å². The zero-order chi connectivity index (χ0) is 8.49. The zero-order valence-corrected chi connectivity index (χ0v) is 7.67. The summed E-state index contributed by atoms with van der Waals surface area (Å²) in [6.45, 7) is 0. The van der Waals surface area contributed by atoms with Crippen molar-refractivity contribution in [3.63, 3.8) is 0 Å². The molecule has 1 aliphatic carbocycles. The molecule has 2 aliphatic rings. The predicted octanol–water partition coefficient (Wildman–Crippen LogP) is 3.58. The molecule has 2 heteroatoms. The van der Waals surface area contributed by atoms with Crippen molar-refractivity contribution in [2.75, 3.05) is 0 Å². The Labute approximate surface area is 77.7 Å². The van der Waals surface area contributed by atoms with Crippen LogP contribution in [0.25, 0.3) is 0 Å². The fraction of sp³-hybridized carbons (Fsp3) is 0.200. The van der Waals surface area contributed by atoms with Crippen LogP contribution in [0.4, 0.5) is 0 Å². The molecular weight excluding hydrogens is 168 g/mol. The summed E-state index contributed by atoms with van der Waals surface area (Å²) in [5.41, 5.74) is 0. The Morgan fingerprint density at radius 3 is 1.83 bits per heavy atom. The first kappa shape index (κ1) is 9.20. The molecule has 0 saturated carbocycles. The van der Waals surface area contributed by atoms with Crippen LogP contribution in [0.15, 0.2) is 48.1 Å². The average Bonchev–Trinajstić information content (AvgIpc) is 2.24. The number of rotatable bonds is 0. The van der Waals surface area contributed by atoms with Gasteiger partial charge in [0.05, 0.1) is 12.0 Å². The summed E-state index contributed by atoms with van der Waals surface area (Å²) in [5.74, 6) is 0. The minimum Gasteiger partial charge on any atom is -0.429 e. The molecule has 0 saturated heterocycles. The Hall–Kier alpha value is -0.890. The molecule has 0 radical (unpaired) electrons. The van der Waals surface area contributed by atoms with Crippen molar-refractivity contribution in [3.05, 3.63) is 48.1 Å². The summed E-state index contributed by atoms with van der Waals surface area (Å²) < 4.78 is 4.72. The summed E-state index contributed by atoms with van der Waals surface area (Å²) in [7, 11) is 0. The predicted molar refractivity (Wildman–Crippen MR) is 54.5 cm³/mol. The molecule has 0 fully saturated rings. The molecule has 0 atom stereocenters. The van der Waals surface area contributed by atoms with Crippen LogP contribution in [0.2, 0.25) is 0 Å². The van der Waals surface area contributed by atoms with E-state index in [2.05, 4.69) is 24.3 Å². The van der Waals surface area contributed by atoms with Gasteiger partial charge in [0.2, 0.25) is 0 Å². The van der Waals surface area contributed by atoms with Gasteiger partial charge in [0.15, 0.2) is 0 Å². The quantitative estimate of drug-likeness (QED) is 0.527. The van der Waals surface area contributed by atoms with Gasteiger partial charge in [-0.3, -0.25) is 0 Å². The molecule has 0 aromatic rings. The van der Waals surface area contributed by atoms with E-state index >= 15 is 0 Å². The van der Waals surface area contributed by atoms with Crippen LogP contribution in [0, 0.1) is 0 Å². The van der Waals surface area contributed by atoms with E-state index in [0.29, 0.717) is 0 Å². The monoisotopic (exact) mass is 180 g/mol. The van der Waals surface area contributed by atoms with Gasteiger partial charge in [-0.25, -0.2) is 0 Å². The maximum Gasteiger partial charge on any atom is 0.101 e. The molecule has 1 nitrogen and oxygen atoms in total. The minimum absolute atomic E-state index is 1.23. The summed E-state index contributed by atoms with van der Waals surface area (Å²) in [5, 5.41) is 1.88. The Morgan fingerprint density at radius 1 is 0.917 bits per heavy atom. The van der Waals surface area contributed by atoms with Gasteiger partial charge in [0.25, 0.3) is 0 Å². The van der Waals surface area contributed by atoms with Crippen LogP contribution in [0.3, 0.4) is 0 Å². The van der Waals surface area contributed by atoms with Crippen LogP contribution < -0.4 is 0 Å². The Balaban J connectivity index is 0.000000120. The lowest BCUT2D eigenvalue weighted by Crippen LogP contribution is -1.67. The normalized spacial score (nSPS) is 18.0. The van der Waals surface area contributed by atoms with Crippen molar-refractivity contribution in [2.45, 2.75) is 12.8 Å². The first-order valence-electron chi connectivity index (χ1n) is 3.95. The average molecular weight is 180 g/mol. The van der Waals surface area contributed by atoms with Crippen LogP contribution in [-0.2, 0) is 4.18 Å². The van der Waals surface area contributed by atoms with Crippen LogP contribution in [0.1, 0.15) is 12.8 Å². The number of allylic oxidation sites excluding steroid dienone is 6. The van der Waals surface area contributed by atoms with Gasteiger partial charge < -0.3 is 4.18 Å². The third-order valence-corrected chi connectivity index (χ3v) is 1.81. The molecule has 0 aromatic carbocycles. The largest absolute Gasteiger partial charge is 0.429 e. The minimum atomic E-state index is 1.23. The van der Waals surface area contributed by atoms with Gasteiger partial charge in [-0.15, -0.1) is 0 Å². The van der Waals surface area contributed by atoms with Gasteiger partial charge in [-0.2, -0.15) is 0 Å². The molecule has 0 N–H and O–H groups in total. The van der Waals surface area contributed by atoms with Crippen molar-refractivity contribution >= 4 is 12.0 Å². The van der Waals surface area contributed by atoms with E-state index in [1.165, 1.54) is 24.9 Å². The van der Waals surface area contributed by atoms with Gasteiger partial charge in [-0.1, -0.05) is 24.3 Å². The molecule has 1 heterocycles. The van der Waals surface area contributed by atoms with Gasteiger partial charge in [0, 0.05) is 5.41 Å². The fourth-order valence-corrected chi connectivity index (χ4v) is 1.11. The molecule has 0 spiro atoms. The third-order valence-electron chi connectivity index (χ3n) is 1.32. The van der Waals surface area contributed by atoms with E-state index in [1.54, 1.807) is 6.26 Å². The smallest absolute Gasteiger partial charge is 0.101 e. The van der Waals surface area contributed by atoms with Crippen molar-refractivity contribution in [1.29, 1.82) is 0 Å². The highest BCUT2D eigenvalue weighted by Gasteiger charge is 1.78. The van der Waals surface area contributed by atoms with Crippen LogP contribution in [-0.4, -0.2) is 0 Å². The van der Waals surface area contributed by atoms with Crippen molar-refractivity contribution in [3.8, 4) is 0 Å². The maximum atomic E-state index is 4.72. The first-order chi connectivity index (χ1) is 6.00. The Kier molecular flexibility index (Phi) is 5.21. The Bertz CT molecular complexity index is 166. The van der Waals surface area contributed by atoms with Crippen LogP contribution in [0.5, 0.6) is 0 Å². The van der Waals surface area contributed by atoms with Crippen molar-refractivity contribution in [1.82, 2.24) is 0 Å². The first-order valence-corrected chi connectivity index (χ1v) is 4.76. The lowest BCUT2D eigenvalue weighted by Gasteiger charge is -1.91.